The van der Waals surface area contributed by atoms with Crippen LogP contribution in [0, 0.1) is 0 Å². The largest absolute Gasteiger partial charge is 0.350 e. The van der Waals surface area contributed by atoms with E-state index in [1.165, 1.54) is 0 Å². The van der Waals surface area contributed by atoms with E-state index in [1.807, 2.05) is 24.3 Å². The Morgan fingerprint density at radius 1 is 1.37 bits per heavy atom. The Morgan fingerprint density at radius 2 is 2.11 bits per heavy atom. The van der Waals surface area contributed by atoms with Gasteiger partial charge >= 0.3 is 0 Å². The summed E-state index contributed by atoms with van der Waals surface area (Å²) < 4.78 is 1.03. The van der Waals surface area contributed by atoms with E-state index in [0.717, 1.165) is 28.6 Å². The zero-order valence-corrected chi connectivity index (χ0v) is 11.9. The topological polar surface area (TPSA) is 57.8 Å². The van der Waals surface area contributed by atoms with Crippen molar-refractivity contribution in [2.45, 2.75) is 24.8 Å². The average Bonchev–Trinajstić information content (AvgIpc) is 3.07. The van der Waals surface area contributed by atoms with Gasteiger partial charge in [0, 0.05) is 10.7 Å². The van der Waals surface area contributed by atoms with Crippen molar-refractivity contribution in [1.82, 2.24) is 15.3 Å². The van der Waals surface area contributed by atoms with Crippen molar-refractivity contribution in [2.24, 2.45) is 0 Å². The Hall–Kier alpha value is -1.62. The van der Waals surface area contributed by atoms with Crippen LogP contribution >= 0.6 is 15.9 Å². The van der Waals surface area contributed by atoms with Crippen molar-refractivity contribution < 1.29 is 4.79 Å². The monoisotopic (exact) mass is 319 g/mol. The Balaban J connectivity index is 1.70. The van der Waals surface area contributed by atoms with Gasteiger partial charge in [-0.3, -0.25) is 4.79 Å². The zero-order chi connectivity index (χ0) is 13.3. The molecule has 1 aromatic carbocycles. The lowest BCUT2D eigenvalue weighted by Gasteiger charge is -2.15. The minimum absolute atomic E-state index is 0.101. The van der Waals surface area contributed by atoms with Crippen LogP contribution in [0.1, 0.15) is 24.1 Å². The number of hydrogen-bond donors (Lipinski definition) is 2. The lowest BCUT2D eigenvalue weighted by molar-refractivity contribution is -0.123. The van der Waals surface area contributed by atoms with Crippen molar-refractivity contribution in [2.75, 3.05) is 0 Å². The fraction of sp³-hybridized carbons (Fsp3) is 0.286. The van der Waals surface area contributed by atoms with Gasteiger partial charge < -0.3 is 10.3 Å². The van der Waals surface area contributed by atoms with E-state index < -0.39 is 0 Å². The molecule has 1 saturated carbocycles. The summed E-state index contributed by atoms with van der Waals surface area (Å²) in [5.74, 6) is 0.101. The molecule has 98 valence electrons. The fourth-order valence-electron chi connectivity index (χ4n) is 2.27. The molecular weight excluding hydrogens is 306 g/mol. The summed E-state index contributed by atoms with van der Waals surface area (Å²) >= 11 is 3.41. The molecule has 0 atom stereocenters. The first-order valence-electron chi connectivity index (χ1n) is 6.22. The van der Waals surface area contributed by atoms with Gasteiger partial charge in [0.05, 0.1) is 24.0 Å². The highest BCUT2D eigenvalue weighted by Gasteiger charge is 2.50. The Bertz CT molecular complexity index is 573. The first-order valence-corrected chi connectivity index (χ1v) is 7.02. The van der Waals surface area contributed by atoms with Crippen LogP contribution in [-0.2, 0) is 16.8 Å². The van der Waals surface area contributed by atoms with Crippen LogP contribution < -0.4 is 5.32 Å². The molecule has 3 rings (SSSR count). The zero-order valence-electron chi connectivity index (χ0n) is 10.3. The highest BCUT2D eigenvalue weighted by molar-refractivity contribution is 9.10. The van der Waals surface area contributed by atoms with Gasteiger partial charge in [0.1, 0.15) is 0 Å². The molecule has 1 amide bonds. The summed E-state index contributed by atoms with van der Waals surface area (Å²) in [6, 6.07) is 8.01. The van der Waals surface area contributed by atoms with Gasteiger partial charge in [-0.2, -0.15) is 0 Å². The van der Waals surface area contributed by atoms with Gasteiger partial charge in [-0.05, 0) is 30.5 Å². The van der Waals surface area contributed by atoms with E-state index in [2.05, 4.69) is 31.2 Å². The van der Waals surface area contributed by atoms with Gasteiger partial charge in [0.15, 0.2) is 0 Å². The fourth-order valence-corrected chi connectivity index (χ4v) is 2.53. The van der Waals surface area contributed by atoms with E-state index in [1.54, 1.807) is 12.5 Å². The molecule has 0 unspecified atom stereocenters. The van der Waals surface area contributed by atoms with E-state index >= 15 is 0 Å². The Kier molecular flexibility index (Phi) is 3.14. The number of halogens is 1. The van der Waals surface area contributed by atoms with Crippen LogP contribution in [-0.4, -0.2) is 15.9 Å². The van der Waals surface area contributed by atoms with E-state index in [9.17, 15) is 4.79 Å². The van der Waals surface area contributed by atoms with E-state index in [-0.39, 0.29) is 11.3 Å². The maximum Gasteiger partial charge on any atom is 0.230 e. The third kappa shape index (κ3) is 2.42. The molecule has 1 fully saturated rings. The van der Waals surface area contributed by atoms with Crippen LogP contribution in [0.3, 0.4) is 0 Å². The molecule has 1 aromatic heterocycles. The molecule has 4 nitrogen and oxygen atoms in total. The molecule has 2 aromatic rings. The first-order chi connectivity index (χ1) is 9.21. The number of rotatable bonds is 4. The number of hydrogen-bond acceptors (Lipinski definition) is 2. The number of carbonyl (C=O) groups excluding carboxylic acids is 1. The average molecular weight is 320 g/mol. The molecule has 2 N–H and O–H groups in total. The van der Waals surface area contributed by atoms with Crippen molar-refractivity contribution in [1.29, 1.82) is 0 Å². The highest BCUT2D eigenvalue weighted by Crippen LogP contribution is 2.48. The normalized spacial score (nSPS) is 16.1. The van der Waals surface area contributed by atoms with Crippen LogP contribution in [0.15, 0.2) is 41.3 Å². The molecule has 0 radical (unpaired) electrons. The second kappa shape index (κ2) is 4.81. The van der Waals surface area contributed by atoms with Gasteiger partial charge in [-0.1, -0.05) is 28.1 Å². The smallest absolute Gasteiger partial charge is 0.230 e. The molecule has 5 heteroatoms. The summed E-state index contributed by atoms with van der Waals surface area (Å²) in [5.41, 5.74) is 1.69. The van der Waals surface area contributed by atoms with Crippen LogP contribution in [0.25, 0.3) is 0 Å². The predicted octanol–water partition coefficient (Wildman–Crippen LogP) is 2.52. The van der Waals surface area contributed by atoms with E-state index in [4.69, 9.17) is 0 Å². The number of carbonyl (C=O) groups is 1. The molecule has 19 heavy (non-hydrogen) atoms. The maximum absolute atomic E-state index is 12.4. The summed E-state index contributed by atoms with van der Waals surface area (Å²) in [7, 11) is 0. The SMILES string of the molecule is O=C(NCc1cnc[nH]1)C1(c2ccc(Br)cc2)CC1. The van der Waals surface area contributed by atoms with Gasteiger partial charge in [0.25, 0.3) is 0 Å². The van der Waals surface area contributed by atoms with Crippen molar-refractivity contribution in [3.63, 3.8) is 0 Å². The molecule has 1 heterocycles. The van der Waals surface area contributed by atoms with Crippen LogP contribution in [0.5, 0.6) is 0 Å². The molecule has 0 aliphatic heterocycles. The Labute approximate surface area is 119 Å². The summed E-state index contributed by atoms with van der Waals surface area (Å²) in [4.78, 5) is 19.3. The molecule has 0 bridgehead atoms. The lowest BCUT2D eigenvalue weighted by atomic mass is 9.95. The number of aromatic nitrogens is 2. The molecule has 0 saturated heterocycles. The molecule has 0 spiro atoms. The lowest BCUT2D eigenvalue weighted by Crippen LogP contribution is -2.34. The number of benzene rings is 1. The standard InChI is InChI=1S/C14H14BrN3O/c15-11-3-1-10(2-4-11)14(5-6-14)13(19)17-8-12-7-16-9-18-12/h1-4,7,9H,5-6,8H2,(H,16,18)(H,17,19). The summed E-state index contributed by atoms with van der Waals surface area (Å²) in [5, 5.41) is 2.98. The first kappa shape index (κ1) is 12.4. The van der Waals surface area contributed by atoms with Crippen molar-refractivity contribution >= 4 is 21.8 Å². The summed E-state index contributed by atoms with van der Waals surface area (Å²) in [6.45, 7) is 0.497. The number of nitrogens with one attached hydrogen (secondary N) is 2. The predicted molar refractivity (Wildman–Crippen MR) is 75.5 cm³/mol. The van der Waals surface area contributed by atoms with E-state index in [0.29, 0.717) is 6.54 Å². The maximum atomic E-state index is 12.4. The number of aromatic amines is 1. The molecule has 1 aliphatic rings. The molecular formula is C14H14BrN3O. The minimum Gasteiger partial charge on any atom is -0.350 e. The number of amides is 1. The van der Waals surface area contributed by atoms with Crippen LogP contribution in [0.2, 0.25) is 0 Å². The molecule has 1 aliphatic carbocycles. The third-order valence-electron chi connectivity index (χ3n) is 3.58. The summed E-state index contributed by atoms with van der Waals surface area (Å²) in [6.07, 6.45) is 5.18. The third-order valence-corrected chi connectivity index (χ3v) is 4.10. The van der Waals surface area contributed by atoms with Crippen molar-refractivity contribution in [3.05, 3.63) is 52.5 Å². The Morgan fingerprint density at radius 3 is 2.68 bits per heavy atom. The van der Waals surface area contributed by atoms with Gasteiger partial charge in [-0.25, -0.2) is 4.98 Å². The number of H-pyrrole nitrogens is 1. The van der Waals surface area contributed by atoms with Crippen LogP contribution in [0.4, 0.5) is 0 Å². The quantitative estimate of drug-likeness (QED) is 0.909. The minimum atomic E-state index is -0.319. The second-order valence-corrected chi connectivity index (χ2v) is 5.76. The second-order valence-electron chi connectivity index (χ2n) is 4.85. The van der Waals surface area contributed by atoms with Gasteiger partial charge in [-0.15, -0.1) is 0 Å². The van der Waals surface area contributed by atoms with Gasteiger partial charge in [0.2, 0.25) is 5.91 Å². The number of nitrogens with zero attached hydrogens (tertiary/aromatic N) is 1. The number of imidazole rings is 1. The highest BCUT2D eigenvalue weighted by atomic mass is 79.9. The van der Waals surface area contributed by atoms with Crippen molar-refractivity contribution in [3.8, 4) is 0 Å².